The standard InChI is InChI=1S/C13H12BrNO4/c1-13(2,14)12(18)19-7-15-10(16)8-5-3-4-6-9(8)11(15)17/h3-6H,7H2,1-2H3. The molecule has 0 unspecified atom stereocenters. The van der Waals surface area contributed by atoms with Crippen LogP contribution in [0, 0.1) is 0 Å². The molecule has 5 nitrogen and oxygen atoms in total. The number of nitrogens with zero attached hydrogens (tertiary/aromatic N) is 1. The number of imide groups is 1. The van der Waals surface area contributed by atoms with Crippen LogP contribution in [0.15, 0.2) is 24.3 Å². The Morgan fingerprint density at radius 1 is 1.21 bits per heavy atom. The van der Waals surface area contributed by atoms with Gasteiger partial charge in [0.05, 0.1) is 11.1 Å². The topological polar surface area (TPSA) is 63.7 Å². The zero-order valence-corrected chi connectivity index (χ0v) is 12.1. The van der Waals surface area contributed by atoms with E-state index in [-0.39, 0.29) is 6.73 Å². The van der Waals surface area contributed by atoms with Gasteiger partial charge >= 0.3 is 5.97 Å². The third kappa shape index (κ3) is 2.53. The van der Waals surface area contributed by atoms with Crippen molar-refractivity contribution in [2.45, 2.75) is 18.2 Å². The Balaban J connectivity index is 2.11. The van der Waals surface area contributed by atoms with E-state index in [0.29, 0.717) is 11.1 Å². The number of carbonyl (C=O) groups excluding carboxylic acids is 3. The molecule has 0 saturated heterocycles. The molecule has 1 aromatic rings. The van der Waals surface area contributed by atoms with Crippen molar-refractivity contribution in [1.29, 1.82) is 0 Å². The van der Waals surface area contributed by atoms with Crippen molar-refractivity contribution in [2.75, 3.05) is 6.73 Å². The summed E-state index contributed by atoms with van der Waals surface area (Å²) >= 11 is 3.15. The van der Waals surface area contributed by atoms with E-state index in [1.165, 1.54) is 0 Å². The summed E-state index contributed by atoms with van der Waals surface area (Å²) in [6.45, 7) is 2.87. The van der Waals surface area contributed by atoms with Gasteiger partial charge in [-0.1, -0.05) is 28.1 Å². The van der Waals surface area contributed by atoms with E-state index in [1.807, 2.05) is 0 Å². The molecular formula is C13H12BrNO4. The van der Waals surface area contributed by atoms with E-state index in [2.05, 4.69) is 15.9 Å². The van der Waals surface area contributed by atoms with Crippen LogP contribution in [0.5, 0.6) is 0 Å². The van der Waals surface area contributed by atoms with Gasteiger partial charge in [-0.3, -0.25) is 14.4 Å². The molecule has 0 aromatic heterocycles. The lowest BCUT2D eigenvalue weighted by atomic mass is 10.1. The van der Waals surface area contributed by atoms with Crippen molar-refractivity contribution in [1.82, 2.24) is 4.90 Å². The molecule has 1 aliphatic heterocycles. The lowest BCUT2D eigenvalue weighted by Crippen LogP contribution is -2.36. The Morgan fingerprint density at radius 2 is 1.68 bits per heavy atom. The maximum Gasteiger partial charge on any atom is 0.324 e. The predicted molar refractivity (Wildman–Crippen MR) is 70.9 cm³/mol. The highest BCUT2D eigenvalue weighted by Gasteiger charge is 2.36. The molecule has 6 heteroatoms. The number of amides is 2. The van der Waals surface area contributed by atoms with Gasteiger partial charge in [-0.25, -0.2) is 4.90 Å². The van der Waals surface area contributed by atoms with Gasteiger partial charge in [0.2, 0.25) is 0 Å². The molecule has 0 aliphatic carbocycles. The molecule has 0 spiro atoms. The quantitative estimate of drug-likeness (QED) is 0.484. The Morgan fingerprint density at radius 3 is 2.11 bits per heavy atom. The maximum absolute atomic E-state index is 12.0. The fourth-order valence-electron chi connectivity index (χ4n) is 1.65. The van der Waals surface area contributed by atoms with Gasteiger partial charge in [0.25, 0.3) is 11.8 Å². The number of hydrogen-bond acceptors (Lipinski definition) is 4. The van der Waals surface area contributed by atoms with E-state index in [9.17, 15) is 14.4 Å². The van der Waals surface area contributed by atoms with Crippen molar-refractivity contribution in [3.63, 3.8) is 0 Å². The number of halogens is 1. The van der Waals surface area contributed by atoms with E-state index in [4.69, 9.17) is 4.74 Å². The minimum atomic E-state index is -0.855. The summed E-state index contributed by atoms with van der Waals surface area (Å²) in [5, 5.41) is 0. The molecule has 1 heterocycles. The molecule has 0 radical (unpaired) electrons. The number of rotatable bonds is 3. The molecule has 0 saturated carbocycles. The van der Waals surface area contributed by atoms with E-state index in [1.54, 1.807) is 38.1 Å². The summed E-state index contributed by atoms with van der Waals surface area (Å²) in [6, 6.07) is 6.51. The first-order valence-electron chi connectivity index (χ1n) is 5.63. The predicted octanol–water partition coefficient (Wildman–Crippen LogP) is 1.96. The van der Waals surface area contributed by atoms with Crippen LogP contribution < -0.4 is 0 Å². The monoisotopic (exact) mass is 325 g/mol. The van der Waals surface area contributed by atoms with Crippen LogP contribution >= 0.6 is 15.9 Å². The van der Waals surface area contributed by atoms with Crippen molar-refractivity contribution < 1.29 is 19.1 Å². The summed E-state index contributed by atoms with van der Waals surface area (Å²) in [7, 11) is 0. The van der Waals surface area contributed by atoms with Gasteiger partial charge in [-0.05, 0) is 26.0 Å². The van der Waals surface area contributed by atoms with Crippen molar-refractivity contribution in [3.05, 3.63) is 35.4 Å². The summed E-state index contributed by atoms with van der Waals surface area (Å²) in [5.74, 6) is -1.43. The Bertz CT molecular complexity index is 527. The highest BCUT2D eigenvalue weighted by atomic mass is 79.9. The second-order valence-corrected chi connectivity index (χ2v) is 6.60. The maximum atomic E-state index is 12.0. The first-order chi connectivity index (χ1) is 8.82. The highest BCUT2D eigenvalue weighted by Crippen LogP contribution is 2.23. The number of ether oxygens (including phenoxy) is 1. The Kier molecular flexibility index (Phi) is 3.45. The van der Waals surface area contributed by atoms with Gasteiger partial charge < -0.3 is 4.74 Å². The van der Waals surface area contributed by atoms with Gasteiger partial charge in [-0.15, -0.1) is 0 Å². The second kappa shape index (κ2) is 4.77. The van der Waals surface area contributed by atoms with E-state index < -0.39 is 22.1 Å². The van der Waals surface area contributed by atoms with Crippen LogP contribution in [-0.2, 0) is 9.53 Å². The minimum Gasteiger partial charge on any atom is -0.443 e. The molecule has 1 aromatic carbocycles. The second-order valence-electron chi connectivity index (χ2n) is 4.62. The Hall–Kier alpha value is -1.69. The average molecular weight is 326 g/mol. The normalized spacial score (nSPS) is 14.6. The number of hydrogen-bond donors (Lipinski definition) is 0. The van der Waals surface area contributed by atoms with Gasteiger partial charge in [0, 0.05) is 0 Å². The SMILES string of the molecule is CC(C)(Br)C(=O)OCN1C(=O)c2ccccc2C1=O. The number of carbonyl (C=O) groups is 3. The molecule has 2 amide bonds. The van der Waals surface area contributed by atoms with Crippen LogP contribution in [-0.4, -0.2) is 33.7 Å². The van der Waals surface area contributed by atoms with Gasteiger partial charge in [0.15, 0.2) is 6.73 Å². The average Bonchev–Trinajstić information content (AvgIpc) is 2.59. The molecule has 0 bridgehead atoms. The fourth-order valence-corrected chi connectivity index (χ4v) is 1.77. The largest absolute Gasteiger partial charge is 0.443 e. The molecule has 2 rings (SSSR count). The smallest absolute Gasteiger partial charge is 0.324 e. The fraction of sp³-hybridized carbons (Fsp3) is 0.308. The van der Waals surface area contributed by atoms with Crippen molar-refractivity contribution in [2.24, 2.45) is 0 Å². The van der Waals surface area contributed by atoms with Crippen LogP contribution in [0.1, 0.15) is 34.6 Å². The third-order valence-corrected chi connectivity index (χ3v) is 3.01. The van der Waals surface area contributed by atoms with E-state index >= 15 is 0 Å². The van der Waals surface area contributed by atoms with Crippen LogP contribution in [0.3, 0.4) is 0 Å². The molecule has 0 fully saturated rings. The number of benzene rings is 1. The van der Waals surface area contributed by atoms with Gasteiger partial charge in [-0.2, -0.15) is 0 Å². The number of esters is 1. The highest BCUT2D eigenvalue weighted by molar-refractivity contribution is 9.10. The number of fused-ring (bicyclic) bond motifs is 1. The molecule has 0 atom stereocenters. The van der Waals surface area contributed by atoms with Crippen molar-refractivity contribution in [3.8, 4) is 0 Å². The summed E-state index contributed by atoms with van der Waals surface area (Å²) in [4.78, 5) is 36.5. The van der Waals surface area contributed by atoms with Crippen molar-refractivity contribution >= 4 is 33.7 Å². The minimum absolute atomic E-state index is 0.335. The first-order valence-corrected chi connectivity index (χ1v) is 6.43. The molecule has 1 aliphatic rings. The van der Waals surface area contributed by atoms with E-state index in [0.717, 1.165) is 4.90 Å². The lowest BCUT2D eigenvalue weighted by molar-refractivity contribution is -0.148. The lowest BCUT2D eigenvalue weighted by Gasteiger charge is -2.18. The molecule has 100 valence electrons. The zero-order valence-electron chi connectivity index (χ0n) is 10.5. The zero-order chi connectivity index (χ0) is 14.2. The Labute approximate surface area is 118 Å². The number of alkyl halides is 1. The third-order valence-electron chi connectivity index (χ3n) is 2.69. The van der Waals surface area contributed by atoms with Crippen LogP contribution in [0.2, 0.25) is 0 Å². The summed E-state index contributed by atoms with van der Waals surface area (Å²) in [5.41, 5.74) is 0.670. The van der Waals surface area contributed by atoms with Gasteiger partial charge in [0.1, 0.15) is 4.32 Å². The summed E-state index contributed by atoms with van der Waals surface area (Å²) in [6.07, 6.45) is 0. The molecule has 0 N–H and O–H groups in total. The summed E-state index contributed by atoms with van der Waals surface area (Å²) < 4.78 is 4.11. The van der Waals surface area contributed by atoms with Crippen LogP contribution in [0.25, 0.3) is 0 Å². The van der Waals surface area contributed by atoms with Crippen LogP contribution in [0.4, 0.5) is 0 Å². The first kappa shape index (κ1) is 13.7. The molecule has 19 heavy (non-hydrogen) atoms. The molecular weight excluding hydrogens is 314 g/mol.